The van der Waals surface area contributed by atoms with E-state index in [0.717, 1.165) is 0 Å². The average molecular weight is 526 g/mol. The summed E-state index contributed by atoms with van der Waals surface area (Å²) in [5.41, 5.74) is -1.07. The Morgan fingerprint density at radius 2 is 1.72 bits per heavy atom. The lowest BCUT2D eigenvalue weighted by Gasteiger charge is -2.54. The molecule has 1 heterocycles. The number of rotatable bonds is 14. The quantitative estimate of drug-likeness (QED) is 0.203. The molecule has 0 aromatic carbocycles. The number of β-lactam (4-membered cyclic amide) rings is 1. The number of nitrogens with zero attached hydrogens (tertiary/aromatic N) is 1. The van der Waals surface area contributed by atoms with Crippen LogP contribution in [0.2, 0.25) is 13.1 Å². The Kier molecular flexibility index (Phi) is 11.8. The van der Waals surface area contributed by atoms with Crippen LogP contribution in [-0.2, 0) is 23.5 Å². The Hall–Kier alpha value is -2.66. The first kappa shape index (κ1) is 31.4. The molecule has 0 unspecified atom stereocenters. The highest BCUT2D eigenvalue weighted by molar-refractivity contribution is 6.48. The van der Waals surface area contributed by atoms with Gasteiger partial charge in [0.05, 0.1) is 23.6 Å². The third-order valence-electron chi connectivity index (χ3n) is 6.46. The van der Waals surface area contributed by atoms with Crippen molar-refractivity contribution in [3.05, 3.63) is 25.3 Å². The third-order valence-corrected chi connectivity index (χ3v) is 7.42. The van der Waals surface area contributed by atoms with Gasteiger partial charge in [-0.25, -0.2) is 9.59 Å². The van der Waals surface area contributed by atoms with Gasteiger partial charge in [0.15, 0.2) is 9.04 Å². The molecule has 0 aliphatic carbocycles. The molecule has 1 rings (SSSR count). The second kappa shape index (κ2) is 13.6. The maximum absolute atomic E-state index is 13.1. The van der Waals surface area contributed by atoms with E-state index in [-0.39, 0.29) is 55.7 Å². The van der Waals surface area contributed by atoms with E-state index in [4.69, 9.17) is 13.9 Å². The summed E-state index contributed by atoms with van der Waals surface area (Å²) in [6.45, 7) is 19.2. The first-order chi connectivity index (χ1) is 16.7. The van der Waals surface area contributed by atoms with Crippen molar-refractivity contribution in [2.75, 3.05) is 26.8 Å². The summed E-state index contributed by atoms with van der Waals surface area (Å²) in [4.78, 5) is 51.3. The van der Waals surface area contributed by atoms with E-state index in [9.17, 15) is 19.2 Å². The minimum atomic E-state index is -1.50. The van der Waals surface area contributed by atoms with Crippen molar-refractivity contribution in [2.45, 2.75) is 71.3 Å². The minimum Gasteiger partial charge on any atom is -0.445 e. The number of amides is 3. The van der Waals surface area contributed by atoms with Crippen LogP contribution in [0, 0.1) is 11.3 Å². The van der Waals surface area contributed by atoms with Crippen LogP contribution in [-0.4, -0.2) is 82.3 Å². The van der Waals surface area contributed by atoms with Gasteiger partial charge in [-0.3, -0.25) is 9.59 Å². The van der Waals surface area contributed by atoms with Gasteiger partial charge in [-0.2, -0.15) is 0 Å². The van der Waals surface area contributed by atoms with Crippen molar-refractivity contribution in [3.63, 3.8) is 0 Å². The number of Topliss-reactive ketones (excluding diaryl/α,β-unsaturated/α-hetero) is 1. The maximum Gasteiger partial charge on any atom is 0.410 e. The van der Waals surface area contributed by atoms with Crippen molar-refractivity contribution in [1.29, 1.82) is 0 Å². The molecule has 36 heavy (non-hydrogen) atoms. The normalized spacial score (nSPS) is 19.7. The molecule has 0 saturated carbocycles. The zero-order valence-corrected chi connectivity index (χ0v) is 23.9. The molecule has 0 spiro atoms. The molecule has 4 atom stereocenters. The second-order valence-electron chi connectivity index (χ2n) is 10.5. The van der Waals surface area contributed by atoms with Crippen LogP contribution < -0.4 is 10.6 Å². The molecule has 0 bridgehead atoms. The molecule has 3 amide bonds. The molecular weight excluding hydrogens is 482 g/mol. The highest BCUT2D eigenvalue weighted by atomic mass is 28.3. The molecule has 10 nitrogen and oxygen atoms in total. The maximum atomic E-state index is 13.1. The van der Waals surface area contributed by atoms with Gasteiger partial charge in [-0.1, -0.05) is 46.1 Å². The smallest absolute Gasteiger partial charge is 0.410 e. The number of hydrogen-bond donors (Lipinski definition) is 2. The van der Waals surface area contributed by atoms with E-state index >= 15 is 0 Å². The van der Waals surface area contributed by atoms with E-state index < -0.39 is 38.8 Å². The fraction of sp³-hybridized carbons (Fsp3) is 0.680. The van der Waals surface area contributed by atoms with Gasteiger partial charge in [-0.15, -0.1) is 0 Å². The minimum absolute atomic E-state index is 0.0129. The molecule has 1 aliphatic heterocycles. The van der Waals surface area contributed by atoms with Crippen LogP contribution in [0.5, 0.6) is 0 Å². The first-order valence-electron chi connectivity index (χ1n) is 12.2. The number of carbonyl (C=O) groups excluding carboxylic acids is 4. The van der Waals surface area contributed by atoms with Crippen LogP contribution in [0.25, 0.3) is 0 Å². The SMILES string of the molecule is C=CCOC(=O)NC[C@@H](CC(=O)C[C@H]1NC(=O)[C@@H]1[C@@](C)(O[SiH](C)C)C(C)(C)C)N(C)C(=O)OCC=C. The Morgan fingerprint density at radius 1 is 1.14 bits per heavy atom. The molecule has 0 aromatic rings. The number of likely N-dealkylation sites (N-methyl/N-ethyl adjacent to an activating group) is 1. The van der Waals surface area contributed by atoms with Crippen LogP contribution in [0.3, 0.4) is 0 Å². The molecule has 204 valence electrons. The highest BCUT2D eigenvalue weighted by Gasteiger charge is 2.57. The van der Waals surface area contributed by atoms with Crippen molar-refractivity contribution in [3.8, 4) is 0 Å². The van der Waals surface area contributed by atoms with Gasteiger partial charge in [-0.05, 0) is 25.4 Å². The number of carbonyl (C=O) groups is 4. The largest absolute Gasteiger partial charge is 0.445 e. The number of ether oxygens (including phenoxy) is 2. The third kappa shape index (κ3) is 8.47. The monoisotopic (exact) mass is 525 g/mol. The Bertz CT molecular complexity index is 827. The number of alkyl carbamates (subject to hydrolysis) is 1. The predicted octanol–water partition coefficient (Wildman–Crippen LogP) is 2.79. The van der Waals surface area contributed by atoms with Gasteiger partial charge in [0.2, 0.25) is 5.91 Å². The zero-order chi connectivity index (χ0) is 27.7. The summed E-state index contributed by atoms with van der Waals surface area (Å²) < 4.78 is 16.4. The van der Waals surface area contributed by atoms with Gasteiger partial charge in [0, 0.05) is 26.4 Å². The summed E-state index contributed by atoms with van der Waals surface area (Å²) >= 11 is 0. The lowest BCUT2D eigenvalue weighted by Crippen LogP contribution is -2.70. The Morgan fingerprint density at radius 3 is 2.22 bits per heavy atom. The van der Waals surface area contributed by atoms with E-state index in [1.165, 1.54) is 24.1 Å². The lowest BCUT2D eigenvalue weighted by molar-refractivity contribution is -0.160. The van der Waals surface area contributed by atoms with Crippen molar-refractivity contribution < 1.29 is 33.1 Å². The van der Waals surface area contributed by atoms with Gasteiger partial charge < -0.3 is 29.4 Å². The summed E-state index contributed by atoms with van der Waals surface area (Å²) in [6, 6.07) is -1.07. The summed E-state index contributed by atoms with van der Waals surface area (Å²) in [7, 11) is -0.00431. The van der Waals surface area contributed by atoms with E-state index in [1.54, 1.807) is 0 Å². The summed E-state index contributed by atoms with van der Waals surface area (Å²) in [6.07, 6.45) is 1.55. The van der Waals surface area contributed by atoms with Crippen LogP contribution >= 0.6 is 0 Å². The summed E-state index contributed by atoms with van der Waals surface area (Å²) in [5.74, 6) is -0.775. The van der Waals surface area contributed by atoms with Gasteiger partial charge in [0.1, 0.15) is 19.0 Å². The molecule has 1 saturated heterocycles. The average Bonchev–Trinajstić information content (AvgIpc) is 2.76. The van der Waals surface area contributed by atoms with Gasteiger partial charge >= 0.3 is 12.2 Å². The zero-order valence-electron chi connectivity index (χ0n) is 22.7. The number of ketones is 1. The Labute approximate surface area is 216 Å². The van der Waals surface area contributed by atoms with E-state index in [2.05, 4.69) is 36.9 Å². The fourth-order valence-electron chi connectivity index (χ4n) is 4.16. The predicted molar refractivity (Wildman–Crippen MR) is 140 cm³/mol. The molecule has 1 aliphatic rings. The summed E-state index contributed by atoms with van der Waals surface area (Å²) in [5, 5.41) is 5.42. The fourth-order valence-corrected chi connectivity index (χ4v) is 5.64. The van der Waals surface area contributed by atoms with Crippen molar-refractivity contribution >= 4 is 32.9 Å². The molecule has 0 radical (unpaired) electrons. The molecular formula is C25H43N3O7Si. The van der Waals surface area contributed by atoms with Crippen LogP contribution in [0.1, 0.15) is 40.5 Å². The molecule has 0 aromatic heterocycles. The van der Waals surface area contributed by atoms with Crippen molar-refractivity contribution in [1.82, 2.24) is 15.5 Å². The van der Waals surface area contributed by atoms with E-state index in [1.807, 2.05) is 27.7 Å². The highest BCUT2D eigenvalue weighted by Crippen LogP contribution is 2.45. The van der Waals surface area contributed by atoms with Crippen LogP contribution in [0.15, 0.2) is 25.3 Å². The van der Waals surface area contributed by atoms with E-state index in [0.29, 0.717) is 0 Å². The number of nitrogens with one attached hydrogen (secondary N) is 2. The van der Waals surface area contributed by atoms with Crippen molar-refractivity contribution in [2.24, 2.45) is 11.3 Å². The lowest BCUT2D eigenvalue weighted by atomic mass is 9.63. The molecule has 11 heteroatoms. The Balaban J connectivity index is 2.98. The second-order valence-corrected chi connectivity index (χ2v) is 12.8. The van der Waals surface area contributed by atoms with Gasteiger partial charge in [0.25, 0.3) is 0 Å². The molecule has 2 N–H and O–H groups in total. The molecule has 1 fully saturated rings. The van der Waals surface area contributed by atoms with Crippen LogP contribution in [0.4, 0.5) is 9.59 Å². The topological polar surface area (TPSA) is 123 Å². The first-order valence-corrected chi connectivity index (χ1v) is 15.0. The standard InChI is InChI=1S/C25H43N3O7Si/c1-10-12-33-22(31)26-16-17(28(7)23(32)34-13-11-2)14-18(29)15-19-20(21(30)27-19)25(6,24(3,4)5)35-36(8)9/h10-11,17,19-20,36H,1-2,12-16H2,3-9H3,(H,26,31)(H,27,30)/t17-,19-,20-,25-/m1/s1. The number of hydrogen-bond acceptors (Lipinski definition) is 7.